The van der Waals surface area contributed by atoms with Crippen LogP contribution in [0.2, 0.25) is 0 Å². The van der Waals surface area contributed by atoms with Crippen LogP contribution in [0.4, 0.5) is 23.2 Å². The van der Waals surface area contributed by atoms with Crippen molar-refractivity contribution in [1.82, 2.24) is 9.97 Å². The molecular formula is C13H13F4N3S. The molecule has 0 aliphatic carbocycles. The van der Waals surface area contributed by atoms with Crippen LogP contribution in [0.3, 0.4) is 0 Å². The maximum absolute atomic E-state index is 13.3. The molecule has 2 heterocycles. The summed E-state index contributed by atoms with van der Waals surface area (Å²) < 4.78 is 52.4. The second-order valence-electron chi connectivity index (χ2n) is 4.46. The van der Waals surface area contributed by atoms with E-state index in [1.807, 2.05) is 12.3 Å². The lowest BCUT2D eigenvalue weighted by Gasteiger charge is -2.08. The molecule has 0 saturated heterocycles. The third-order valence-electron chi connectivity index (χ3n) is 2.78. The minimum absolute atomic E-state index is 0.196. The quantitative estimate of drug-likeness (QED) is 0.499. The molecule has 0 aliphatic rings. The molecule has 0 saturated carbocycles. The SMILES string of the molecule is Cc1csc(CCCCNc2c(F)c(F)nc(F)c2F)n1. The number of anilines is 1. The summed E-state index contributed by atoms with van der Waals surface area (Å²) in [7, 11) is 0. The highest BCUT2D eigenvalue weighted by Crippen LogP contribution is 2.22. The Bertz CT molecular complexity index is 604. The first-order chi connectivity index (χ1) is 9.99. The van der Waals surface area contributed by atoms with Crippen molar-refractivity contribution in [2.24, 2.45) is 0 Å². The summed E-state index contributed by atoms with van der Waals surface area (Å²) in [5.41, 5.74) is 0.144. The lowest BCUT2D eigenvalue weighted by atomic mass is 10.2. The van der Waals surface area contributed by atoms with Crippen LogP contribution >= 0.6 is 11.3 Å². The molecule has 0 radical (unpaired) electrons. The third kappa shape index (κ3) is 3.90. The van der Waals surface area contributed by atoms with Crippen molar-refractivity contribution in [3.8, 4) is 0 Å². The van der Waals surface area contributed by atoms with E-state index in [0.717, 1.165) is 23.5 Å². The van der Waals surface area contributed by atoms with Crippen molar-refractivity contribution in [1.29, 1.82) is 0 Å². The number of nitrogens with zero attached hydrogens (tertiary/aromatic N) is 2. The fourth-order valence-electron chi connectivity index (χ4n) is 1.77. The molecule has 1 N–H and O–H groups in total. The average Bonchev–Trinajstić information content (AvgIpc) is 2.85. The molecule has 3 nitrogen and oxygen atoms in total. The molecule has 0 spiro atoms. The first-order valence-corrected chi connectivity index (χ1v) is 7.22. The van der Waals surface area contributed by atoms with Crippen LogP contribution in [0.15, 0.2) is 5.38 Å². The van der Waals surface area contributed by atoms with Crippen LogP contribution in [-0.4, -0.2) is 16.5 Å². The van der Waals surface area contributed by atoms with E-state index >= 15 is 0 Å². The van der Waals surface area contributed by atoms with Gasteiger partial charge in [0.1, 0.15) is 5.69 Å². The smallest absolute Gasteiger partial charge is 0.253 e. The number of aromatic nitrogens is 2. The zero-order valence-electron chi connectivity index (χ0n) is 11.2. The van der Waals surface area contributed by atoms with Crippen LogP contribution in [0.5, 0.6) is 0 Å². The van der Waals surface area contributed by atoms with E-state index in [2.05, 4.69) is 15.3 Å². The Morgan fingerprint density at radius 2 is 1.71 bits per heavy atom. The predicted molar refractivity (Wildman–Crippen MR) is 72.3 cm³/mol. The largest absolute Gasteiger partial charge is 0.380 e. The normalized spacial score (nSPS) is 10.9. The molecule has 2 aromatic heterocycles. The highest BCUT2D eigenvalue weighted by molar-refractivity contribution is 7.09. The Morgan fingerprint density at radius 3 is 2.29 bits per heavy atom. The molecule has 0 aliphatic heterocycles. The number of hydrogen-bond acceptors (Lipinski definition) is 4. The number of unbranched alkanes of at least 4 members (excludes halogenated alkanes) is 1. The molecular weight excluding hydrogens is 306 g/mol. The molecule has 0 unspecified atom stereocenters. The van der Waals surface area contributed by atoms with Crippen molar-refractivity contribution in [2.45, 2.75) is 26.2 Å². The maximum Gasteiger partial charge on any atom is 0.253 e. The van der Waals surface area contributed by atoms with Gasteiger partial charge in [0, 0.05) is 17.6 Å². The Balaban J connectivity index is 1.84. The molecule has 2 rings (SSSR count). The zero-order valence-corrected chi connectivity index (χ0v) is 12.0. The summed E-state index contributed by atoms with van der Waals surface area (Å²) in [5.74, 6) is -6.33. The van der Waals surface area contributed by atoms with Gasteiger partial charge in [-0.3, -0.25) is 0 Å². The molecule has 114 valence electrons. The standard InChI is InChI=1S/C13H13F4N3S/c1-7-6-21-8(19-7)4-2-3-5-18-11-9(14)12(16)20-13(17)10(11)15/h6H,2-5H2,1H3,(H,18,20). The van der Waals surface area contributed by atoms with Gasteiger partial charge in [-0.25, -0.2) is 4.98 Å². The van der Waals surface area contributed by atoms with Crippen LogP contribution in [0.25, 0.3) is 0 Å². The molecule has 0 amide bonds. The molecule has 0 aromatic carbocycles. The molecule has 8 heteroatoms. The first-order valence-electron chi connectivity index (χ1n) is 6.34. The number of pyridine rings is 1. The lowest BCUT2D eigenvalue weighted by molar-refractivity contribution is 0.410. The zero-order chi connectivity index (χ0) is 15.4. The van der Waals surface area contributed by atoms with E-state index in [4.69, 9.17) is 0 Å². The monoisotopic (exact) mass is 319 g/mol. The second kappa shape index (κ2) is 6.84. The number of aryl methyl sites for hydroxylation is 2. The molecule has 0 atom stereocenters. The summed E-state index contributed by atoms with van der Waals surface area (Å²) in [6.45, 7) is 2.10. The number of rotatable bonds is 6. The highest BCUT2D eigenvalue weighted by Gasteiger charge is 2.20. The molecule has 2 aromatic rings. The third-order valence-corrected chi connectivity index (χ3v) is 3.81. The van der Waals surface area contributed by atoms with E-state index in [1.165, 1.54) is 0 Å². The molecule has 0 bridgehead atoms. The van der Waals surface area contributed by atoms with Gasteiger partial charge < -0.3 is 5.32 Å². The Morgan fingerprint density at radius 1 is 1.05 bits per heavy atom. The molecule has 0 fully saturated rings. The first kappa shape index (κ1) is 15.7. The number of halogens is 4. The summed E-state index contributed by atoms with van der Waals surface area (Å²) in [6.07, 6.45) is 2.09. The Hall–Kier alpha value is -1.70. The minimum atomic E-state index is -1.66. The van der Waals surface area contributed by atoms with E-state index in [0.29, 0.717) is 6.42 Å². The highest BCUT2D eigenvalue weighted by atomic mass is 32.1. The van der Waals surface area contributed by atoms with E-state index in [-0.39, 0.29) is 6.54 Å². The van der Waals surface area contributed by atoms with Gasteiger partial charge in [-0.05, 0) is 26.2 Å². The molecule has 21 heavy (non-hydrogen) atoms. The summed E-state index contributed by atoms with van der Waals surface area (Å²) in [4.78, 5) is 6.78. The topological polar surface area (TPSA) is 37.8 Å². The van der Waals surface area contributed by atoms with Gasteiger partial charge in [-0.15, -0.1) is 11.3 Å². The van der Waals surface area contributed by atoms with Gasteiger partial charge in [0.05, 0.1) is 5.01 Å². The second-order valence-corrected chi connectivity index (χ2v) is 5.41. The summed E-state index contributed by atoms with van der Waals surface area (Å²) in [6, 6.07) is 0. The van der Waals surface area contributed by atoms with Gasteiger partial charge in [0.25, 0.3) is 11.9 Å². The lowest BCUT2D eigenvalue weighted by Crippen LogP contribution is -2.10. The Labute approximate surface area is 123 Å². The van der Waals surface area contributed by atoms with Crippen LogP contribution in [0.1, 0.15) is 23.5 Å². The van der Waals surface area contributed by atoms with Crippen LogP contribution in [0, 0.1) is 30.5 Å². The van der Waals surface area contributed by atoms with Gasteiger partial charge >= 0.3 is 0 Å². The summed E-state index contributed by atoms with van der Waals surface area (Å²) in [5, 5.41) is 5.30. The average molecular weight is 319 g/mol. The van der Waals surface area contributed by atoms with Crippen molar-refractivity contribution >= 4 is 17.0 Å². The Kier molecular flexibility index (Phi) is 5.11. The predicted octanol–water partition coefficient (Wildman–Crippen LogP) is 3.84. The van der Waals surface area contributed by atoms with E-state index in [1.54, 1.807) is 11.3 Å². The van der Waals surface area contributed by atoms with E-state index in [9.17, 15) is 17.6 Å². The maximum atomic E-state index is 13.3. The number of thiazole rings is 1. The van der Waals surface area contributed by atoms with Gasteiger partial charge in [-0.2, -0.15) is 22.5 Å². The fourth-order valence-corrected chi connectivity index (χ4v) is 2.59. The minimum Gasteiger partial charge on any atom is -0.380 e. The number of nitrogens with one attached hydrogen (secondary N) is 1. The van der Waals surface area contributed by atoms with Crippen molar-refractivity contribution in [2.75, 3.05) is 11.9 Å². The van der Waals surface area contributed by atoms with Crippen LogP contribution < -0.4 is 5.32 Å². The van der Waals surface area contributed by atoms with Gasteiger partial charge in [0.2, 0.25) is 11.6 Å². The van der Waals surface area contributed by atoms with Gasteiger partial charge in [-0.1, -0.05) is 0 Å². The van der Waals surface area contributed by atoms with Gasteiger partial charge in [0.15, 0.2) is 0 Å². The van der Waals surface area contributed by atoms with Crippen LogP contribution in [-0.2, 0) is 6.42 Å². The van der Waals surface area contributed by atoms with E-state index < -0.39 is 29.2 Å². The summed E-state index contributed by atoms with van der Waals surface area (Å²) >= 11 is 1.55. The number of hydrogen-bond donors (Lipinski definition) is 1. The van der Waals surface area contributed by atoms with Crippen molar-refractivity contribution in [3.05, 3.63) is 39.6 Å². The van der Waals surface area contributed by atoms with Crippen molar-refractivity contribution in [3.63, 3.8) is 0 Å². The van der Waals surface area contributed by atoms with Crippen molar-refractivity contribution < 1.29 is 17.6 Å². The fraction of sp³-hybridized carbons (Fsp3) is 0.385.